The van der Waals surface area contributed by atoms with E-state index < -0.39 is 18.5 Å². The first kappa shape index (κ1) is 24.7. The molecule has 3 aromatic rings. The van der Waals surface area contributed by atoms with E-state index in [2.05, 4.69) is 10.6 Å². The van der Waals surface area contributed by atoms with Gasteiger partial charge in [-0.05, 0) is 62.4 Å². The number of aryl methyl sites for hydroxylation is 1. The predicted octanol–water partition coefficient (Wildman–Crippen LogP) is 3.44. The molecule has 0 saturated carbocycles. The molecule has 0 radical (unpaired) electrons. The molecule has 0 spiro atoms. The van der Waals surface area contributed by atoms with Gasteiger partial charge in [0.2, 0.25) is 0 Å². The number of carbonyl (C=O) groups is 3. The van der Waals surface area contributed by atoms with Crippen LogP contribution in [-0.4, -0.2) is 35.6 Å². The summed E-state index contributed by atoms with van der Waals surface area (Å²) in [7, 11) is 0. The summed E-state index contributed by atoms with van der Waals surface area (Å²) in [5.41, 5.74) is 2.28. The van der Waals surface area contributed by atoms with Crippen LogP contribution in [0.1, 0.15) is 29.4 Å². The third kappa shape index (κ3) is 7.04. The number of anilines is 2. The molecule has 9 nitrogen and oxygen atoms in total. The summed E-state index contributed by atoms with van der Waals surface area (Å²) in [5.74, 6) is -0.659. The van der Waals surface area contributed by atoms with Crippen LogP contribution in [0.25, 0.3) is 0 Å². The summed E-state index contributed by atoms with van der Waals surface area (Å²) in [6.07, 6.45) is -0.0110. The van der Waals surface area contributed by atoms with Crippen LogP contribution < -0.4 is 20.2 Å². The number of rotatable bonds is 10. The summed E-state index contributed by atoms with van der Waals surface area (Å²) in [4.78, 5) is 47.9. The quantitative estimate of drug-likeness (QED) is 0.427. The normalized spacial score (nSPS) is 10.4. The molecule has 2 aromatic carbocycles. The number of thiazole rings is 1. The van der Waals surface area contributed by atoms with Crippen LogP contribution in [-0.2, 0) is 20.9 Å². The van der Waals surface area contributed by atoms with Crippen molar-refractivity contribution in [2.45, 2.75) is 26.8 Å². The van der Waals surface area contributed by atoms with Crippen molar-refractivity contribution >= 4 is 40.5 Å². The monoisotopic (exact) mass is 483 g/mol. The number of carbonyl (C=O) groups excluding carboxylic acids is 3. The zero-order chi connectivity index (χ0) is 24.5. The molecule has 0 aliphatic heterocycles. The fraction of sp³-hybridized carbons (Fsp3) is 0.250. The third-order valence-corrected chi connectivity index (χ3v) is 5.62. The molecule has 0 fully saturated rings. The number of amides is 2. The Hall–Kier alpha value is -3.92. The van der Waals surface area contributed by atoms with Crippen LogP contribution in [0.3, 0.4) is 0 Å². The van der Waals surface area contributed by atoms with Crippen LogP contribution in [0.15, 0.2) is 58.7 Å². The molecule has 0 aliphatic rings. The SMILES string of the molecule is CCOc1ccc(NC(=O)c2ccc(NC(=O)COC(=O)CCn3c(C)csc3=O)cc2)cc1. The largest absolute Gasteiger partial charge is 0.494 e. The lowest BCUT2D eigenvalue weighted by molar-refractivity contribution is -0.147. The molecular weight excluding hydrogens is 458 g/mol. The van der Waals surface area contributed by atoms with Gasteiger partial charge in [0.1, 0.15) is 5.75 Å². The van der Waals surface area contributed by atoms with Gasteiger partial charge in [0.25, 0.3) is 11.8 Å². The van der Waals surface area contributed by atoms with Gasteiger partial charge in [0.05, 0.1) is 13.0 Å². The first-order valence-electron chi connectivity index (χ1n) is 10.6. The molecule has 0 unspecified atom stereocenters. The van der Waals surface area contributed by atoms with Crippen LogP contribution in [0.5, 0.6) is 5.75 Å². The van der Waals surface area contributed by atoms with E-state index in [9.17, 15) is 19.2 Å². The molecule has 1 heterocycles. The zero-order valence-electron chi connectivity index (χ0n) is 18.8. The average Bonchev–Trinajstić information content (AvgIpc) is 3.15. The number of nitrogens with one attached hydrogen (secondary N) is 2. The Morgan fingerprint density at radius 3 is 2.24 bits per heavy atom. The first-order valence-corrected chi connectivity index (χ1v) is 11.5. The number of esters is 1. The molecular formula is C24H25N3O6S. The molecule has 0 atom stereocenters. The molecule has 2 N–H and O–H groups in total. The highest BCUT2D eigenvalue weighted by Gasteiger charge is 2.11. The Kier molecular flexibility index (Phi) is 8.58. The van der Waals surface area contributed by atoms with Crippen LogP contribution in [0.4, 0.5) is 11.4 Å². The predicted molar refractivity (Wildman–Crippen MR) is 130 cm³/mol. The maximum Gasteiger partial charge on any atom is 0.308 e. The second kappa shape index (κ2) is 11.8. The summed E-state index contributed by atoms with van der Waals surface area (Å²) >= 11 is 1.07. The molecule has 0 aliphatic carbocycles. The lowest BCUT2D eigenvalue weighted by Gasteiger charge is -2.09. The molecule has 2 amide bonds. The summed E-state index contributed by atoms with van der Waals surface area (Å²) < 4.78 is 11.8. The van der Waals surface area contributed by atoms with Gasteiger partial charge in [-0.25, -0.2) is 0 Å². The summed E-state index contributed by atoms with van der Waals surface area (Å²) in [6.45, 7) is 4.00. The maximum atomic E-state index is 12.4. The smallest absolute Gasteiger partial charge is 0.308 e. The Morgan fingerprint density at radius 1 is 0.971 bits per heavy atom. The lowest BCUT2D eigenvalue weighted by Crippen LogP contribution is -2.23. The van der Waals surface area contributed by atoms with Gasteiger partial charge in [-0.2, -0.15) is 0 Å². The maximum absolute atomic E-state index is 12.4. The molecule has 1 aromatic heterocycles. The number of nitrogens with zero attached hydrogens (tertiary/aromatic N) is 1. The van der Waals surface area contributed by atoms with Crippen LogP contribution in [0.2, 0.25) is 0 Å². The molecule has 34 heavy (non-hydrogen) atoms. The van der Waals surface area contributed by atoms with Crippen LogP contribution >= 0.6 is 11.3 Å². The second-order valence-electron chi connectivity index (χ2n) is 7.24. The van der Waals surface area contributed by atoms with E-state index in [-0.39, 0.29) is 23.7 Å². The number of aromatic nitrogens is 1. The standard InChI is InChI=1S/C24H25N3O6S/c1-3-32-20-10-8-19(9-11-20)26-23(30)17-4-6-18(7-5-17)25-21(28)14-33-22(29)12-13-27-16(2)15-34-24(27)31/h4-11,15H,3,12-14H2,1-2H3,(H,25,28)(H,26,30). The third-order valence-electron chi connectivity index (χ3n) is 4.73. The average molecular weight is 484 g/mol. The van der Waals surface area contributed by atoms with Crippen molar-refractivity contribution in [2.75, 3.05) is 23.8 Å². The Labute approximate surface area is 200 Å². The van der Waals surface area contributed by atoms with E-state index in [1.807, 2.05) is 6.92 Å². The fourth-order valence-electron chi connectivity index (χ4n) is 3.00. The number of hydrogen-bond donors (Lipinski definition) is 2. The van der Waals surface area contributed by atoms with Gasteiger partial charge in [-0.3, -0.25) is 19.2 Å². The highest BCUT2D eigenvalue weighted by atomic mass is 32.1. The van der Waals surface area contributed by atoms with Crippen molar-refractivity contribution in [3.63, 3.8) is 0 Å². The minimum absolute atomic E-state index is 0.0110. The van der Waals surface area contributed by atoms with Gasteiger partial charge >= 0.3 is 10.8 Å². The van der Waals surface area contributed by atoms with Crippen molar-refractivity contribution in [1.82, 2.24) is 4.57 Å². The Morgan fingerprint density at radius 2 is 1.62 bits per heavy atom. The summed E-state index contributed by atoms with van der Waals surface area (Å²) in [5, 5.41) is 7.11. The van der Waals surface area contributed by atoms with Gasteiger partial charge in [-0.15, -0.1) is 0 Å². The van der Waals surface area contributed by atoms with Crippen molar-refractivity contribution < 1.29 is 23.9 Å². The van der Waals surface area contributed by atoms with Gasteiger partial charge in [0.15, 0.2) is 6.61 Å². The van der Waals surface area contributed by atoms with E-state index in [0.29, 0.717) is 23.5 Å². The minimum atomic E-state index is -0.575. The van der Waals surface area contributed by atoms with E-state index in [4.69, 9.17) is 9.47 Å². The number of hydrogen-bond acceptors (Lipinski definition) is 7. The van der Waals surface area contributed by atoms with Crippen molar-refractivity contribution in [1.29, 1.82) is 0 Å². The number of benzene rings is 2. The van der Waals surface area contributed by atoms with E-state index in [1.165, 1.54) is 4.57 Å². The highest BCUT2D eigenvalue weighted by Crippen LogP contribution is 2.17. The van der Waals surface area contributed by atoms with Gasteiger partial charge in [-0.1, -0.05) is 11.3 Å². The molecule has 178 valence electrons. The lowest BCUT2D eigenvalue weighted by atomic mass is 10.2. The fourth-order valence-corrected chi connectivity index (χ4v) is 3.76. The summed E-state index contributed by atoms with van der Waals surface area (Å²) in [6, 6.07) is 13.4. The van der Waals surface area contributed by atoms with Gasteiger partial charge in [0, 0.05) is 34.6 Å². The molecule has 0 bridgehead atoms. The highest BCUT2D eigenvalue weighted by molar-refractivity contribution is 7.07. The van der Waals surface area contributed by atoms with Crippen LogP contribution in [0, 0.1) is 6.92 Å². The minimum Gasteiger partial charge on any atom is -0.494 e. The van der Waals surface area contributed by atoms with E-state index >= 15 is 0 Å². The second-order valence-corrected chi connectivity index (χ2v) is 8.06. The molecule has 0 saturated heterocycles. The van der Waals surface area contributed by atoms with Crippen molar-refractivity contribution in [3.05, 3.63) is 74.8 Å². The molecule has 3 rings (SSSR count). The number of ether oxygens (including phenoxy) is 2. The first-order chi connectivity index (χ1) is 16.4. The zero-order valence-corrected chi connectivity index (χ0v) is 19.6. The Bertz CT molecular complexity index is 1200. The van der Waals surface area contributed by atoms with E-state index in [0.717, 1.165) is 22.8 Å². The van der Waals surface area contributed by atoms with E-state index in [1.54, 1.807) is 60.8 Å². The molecule has 10 heteroatoms. The van der Waals surface area contributed by atoms with Crippen molar-refractivity contribution in [2.24, 2.45) is 0 Å². The van der Waals surface area contributed by atoms with Crippen molar-refractivity contribution in [3.8, 4) is 5.75 Å². The topological polar surface area (TPSA) is 116 Å². The Balaban J connectivity index is 1.43. The van der Waals surface area contributed by atoms with Gasteiger partial charge < -0.3 is 24.7 Å².